The van der Waals surface area contributed by atoms with E-state index in [2.05, 4.69) is 21.5 Å². The maximum absolute atomic E-state index is 13.2. The van der Waals surface area contributed by atoms with Gasteiger partial charge in [0.15, 0.2) is 11.2 Å². The quantitative estimate of drug-likeness (QED) is 0.616. The number of imidazole rings is 1. The van der Waals surface area contributed by atoms with Crippen LogP contribution < -0.4 is 16.1 Å². The summed E-state index contributed by atoms with van der Waals surface area (Å²) in [7, 11) is 2.78. The SMILES string of the molecule is COC(=O)Cn1c(=O)c2c(nc3n2C[C@@H](C)CN3c2ccccc2C)n(C)c1=O. The Morgan fingerprint density at radius 1 is 1.24 bits per heavy atom. The molecule has 0 amide bonds. The van der Waals surface area contributed by atoms with E-state index in [1.54, 1.807) is 7.05 Å². The van der Waals surface area contributed by atoms with Crippen LogP contribution in [0, 0.1) is 12.8 Å². The number of hydrogen-bond donors (Lipinski definition) is 0. The minimum atomic E-state index is -0.656. The molecule has 3 aromatic rings. The lowest BCUT2D eigenvalue weighted by molar-refractivity contribution is -0.141. The smallest absolute Gasteiger partial charge is 0.333 e. The van der Waals surface area contributed by atoms with Crippen molar-refractivity contribution in [3.05, 3.63) is 50.7 Å². The largest absolute Gasteiger partial charge is 0.468 e. The molecular formula is C20H23N5O4. The topological polar surface area (TPSA) is 91.4 Å². The fourth-order valence-electron chi connectivity index (χ4n) is 3.91. The van der Waals surface area contributed by atoms with E-state index >= 15 is 0 Å². The molecule has 1 aliphatic rings. The number of ether oxygens (including phenoxy) is 1. The van der Waals surface area contributed by atoms with Gasteiger partial charge in [0.1, 0.15) is 6.54 Å². The molecule has 0 spiro atoms. The van der Waals surface area contributed by atoms with Crippen molar-refractivity contribution in [3.63, 3.8) is 0 Å². The molecule has 0 unspecified atom stereocenters. The molecule has 0 saturated carbocycles. The molecule has 0 fully saturated rings. The van der Waals surface area contributed by atoms with Gasteiger partial charge in [0, 0.05) is 25.8 Å². The summed E-state index contributed by atoms with van der Waals surface area (Å²) in [5.74, 6) is 0.220. The highest BCUT2D eigenvalue weighted by atomic mass is 16.5. The summed E-state index contributed by atoms with van der Waals surface area (Å²) in [6.45, 7) is 5.05. The summed E-state index contributed by atoms with van der Waals surface area (Å²) in [5, 5.41) is 0. The van der Waals surface area contributed by atoms with Crippen LogP contribution in [0.1, 0.15) is 12.5 Å². The number of hydrogen-bond acceptors (Lipinski definition) is 6. The van der Waals surface area contributed by atoms with Gasteiger partial charge in [-0.25, -0.2) is 9.36 Å². The molecule has 9 heteroatoms. The minimum absolute atomic E-state index is 0.255. The van der Waals surface area contributed by atoms with Crippen LogP contribution in [0.25, 0.3) is 11.2 Å². The number of carbonyl (C=O) groups excluding carboxylic acids is 1. The Labute approximate surface area is 166 Å². The average molecular weight is 397 g/mol. The Kier molecular flexibility index (Phi) is 4.52. The van der Waals surface area contributed by atoms with Crippen LogP contribution in [0.2, 0.25) is 0 Å². The summed E-state index contributed by atoms with van der Waals surface area (Å²) < 4.78 is 8.71. The molecule has 4 rings (SSSR count). The van der Waals surface area contributed by atoms with Crippen LogP contribution >= 0.6 is 0 Å². The number of fused-ring (bicyclic) bond motifs is 3. The van der Waals surface area contributed by atoms with Crippen molar-refractivity contribution < 1.29 is 9.53 Å². The second-order valence-corrected chi connectivity index (χ2v) is 7.51. The first-order chi connectivity index (χ1) is 13.8. The zero-order chi connectivity index (χ0) is 20.9. The van der Waals surface area contributed by atoms with E-state index in [1.807, 2.05) is 35.8 Å². The lowest BCUT2D eigenvalue weighted by Crippen LogP contribution is -2.42. The predicted molar refractivity (Wildman–Crippen MR) is 109 cm³/mol. The van der Waals surface area contributed by atoms with Gasteiger partial charge in [-0.2, -0.15) is 4.98 Å². The van der Waals surface area contributed by atoms with Gasteiger partial charge in [-0.05, 0) is 24.5 Å². The van der Waals surface area contributed by atoms with Crippen LogP contribution in [-0.2, 0) is 29.7 Å². The molecule has 9 nitrogen and oxygen atoms in total. The van der Waals surface area contributed by atoms with Crippen molar-refractivity contribution in [2.75, 3.05) is 18.6 Å². The van der Waals surface area contributed by atoms with E-state index in [-0.39, 0.29) is 5.92 Å². The summed E-state index contributed by atoms with van der Waals surface area (Å²) in [5.41, 5.74) is 1.59. The van der Waals surface area contributed by atoms with E-state index in [4.69, 9.17) is 0 Å². The summed E-state index contributed by atoms with van der Waals surface area (Å²) in [6.07, 6.45) is 0. The third-order valence-electron chi connectivity index (χ3n) is 5.36. The van der Waals surface area contributed by atoms with Crippen LogP contribution in [0.4, 0.5) is 11.6 Å². The fraction of sp³-hybridized carbons (Fsp3) is 0.400. The van der Waals surface area contributed by atoms with E-state index in [0.717, 1.165) is 22.4 Å². The number of rotatable bonds is 3. The first-order valence-electron chi connectivity index (χ1n) is 9.43. The van der Waals surface area contributed by atoms with Crippen LogP contribution in [0.3, 0.4) is 0 Å². The first kappa shape index (κ1) is 19.0. The van der Waals surface area contributed by atoms with Crippen LogP contribution in [0.5, 0.6) is 0 Å². The van der Waals surface area contributed by atoms with Crippen molar-refractivity contribution >= 4 is 28.8 Å². The maximum Gasteiger partial charge on any atom is 0.333 e. The highest BCUT2D eigenvalue weighted by Crippen LogP contribution is 2.34. The van der Waals surface area contributed by atoms with Gasteiger partial charge < -0.3 is 14.2 Å². The van der Waals surface area contributed by atoms with Crippen molar-refractivity contribution in [2.24, 2.45) is 13.0 Å². The Bertz CT molecular complexity index is 1240. The van der Waals surface area contributed by atoms with Crippen LogP contribution in [0.15, 0.2) is 33.9 Å². The van der Waals surface area contributed by atoms with Gasteiger partial charge in [-0.1, -0.05) is 25.1 Å². The van der Waals surface area contributed by atoms with E-state index in [9.17, 15) is 14.4 Å². The Balaban J connectivity index is 2.00. The molecule has 0 aliphatic carbocycles. The molecule has 0 bridgehead atoms. The number of benzene rings is 1. The molecule has 0 N–H and O–H groups in total. The molecule has 2 aromatic heterocycles. The number of esters is 1. The second kappa shape index (κ2) is 6.91. The van der Waals surface area contributed by atoms with Gasteiger partial charge in [0.25, 0.3) is 5.56 Å². The highest BCUT2D eigenvalue weighted by molar-refractivity contribution is 5.78. The molecule has 29 heavy (non-hydrogen) atoms. The normalized spacial score (nSPS) is 16.1. The standard InChI is InChI=1S/C20H23N5O4/c1-12-9-23(14-8-6-5-7-13(14)2)19-21-17-16(24(19)10-12)18(27)25(11-15(26)29-4)20(28)22(17)3/h5-8,12H,9-11H2,1-4H3/t12-/m0/s1. The summed E-state index contributed by atoms with van der Waals surface area (Å²) in [6, 6.07) is 7.99. The Morgan fingerprint density at radius 2 is 1.97 bits per heavy atom. The number of nitrogens with zero attached hydrogens (tertiary/aromatic N) is 5. The van der Waals surface area contributed by atoms with Gasteiger partial charge in [0.2, 0.25) is 5.95 Å². The van der Waals surface area contributed by atoms with E-state index in [0.29, 0.717) is 23.7 Å². The first-order valence-corrected chi connectivity index (χ1v) is 9.43. The summed E-state index contributed by atoms with van der Waals surface area (Å²) >= 11 is 0. The van der Waals surface area contributed by atoms with Crippen molar-refractivity contribution in [1.29, 1.82) is 0 Å². The Hall–Kier alpha value is -3.36. The molecule has 3 heterocycles. The number of carbonyl (C=O) groups is 1. The van der Waals surface area contributed by atoms with Gasteiger partial charge in [-0.15, -0.1) is 0 Å². The molecular weight excluding hydrogens is 374 g/mol. The predicted octanol–water partition coefficient (Wildman–Crippen LogP) is 1.17. The maximum atomic E-state index is 13.2. The van der Waals surface area contributed by atoms with Crippen LogP contribution in [-0.4, -0.2) is 38.3 Å². The molecule has 152 valence electrons. The van der Waals surface area contributed by atoms with E-state index < -0.39 is 23.8 Å². The Morgan fingerprint density at radius 3 is 2.66 bits per heavy atom. The van der Waals surface area contributed by atoms with Crippen molar-refractivity contribution in [3.8, 4) is 0 Å². The van der Waals surface area contributed by atoms with Crippen molar-refractivity contribution in [2.45, 2.75) is 26.9 Å². The molecule has 1 aromatic carbocycles. The zero-order valence-corrected chi connectivity index (χ0v) is 16.9. The van der Waals surface area contributed by atoms with Gasteiger partial charge in [0.05, 0.1) is 7.11 Å². The van der Waals surface area contributed by atoms with Gasteiger partial charge in [-0.3, -0.25) is 14.2 Å². The van der Waals surface area contributed by atoms with Crippen molar-refractivity contribution in [1.82, 2.24) is 18.7 Å². The number of para-hydroxylation sites is 1. The fourth-order valence-corrected chi connectivity index (χ4v) is 3.91. The van der Waals surface area contributed by atoms with E-state index in [1.165, 1.54) is 11.7 Å². The highest BCUT2D eigenvalue weighted by Gasteiger charge is 2.30. The molecule has 0 saturated heterocycles. The number of anilines is 2. The lowest BCUT2D eigenvalue weighted by atomic mass is 10.1. The molecule has 0 radical (unpaired) electrons. The number of methoxy groups -OCH3 is 1. The number of aromatic nitrogens is 4. The van der Waals surface area contributed by atoms with Gasteiger partial charge >= 0.3 is 11.7 Å². The summed E-state index contributed by atoms with van der Waals surface area (Å²) in [4.78, 5) is 44.3. The monoisotopic (exact) mass is 397 g/mol. The lowest BCUT2D eigenvalue weighted by Gasteiger charge is -2.33. The molecule has 1 atom stereocenters. The second-order valence-electron chi connectivity index (χ2n) is 7.51. The zero-order valence-electron chi connectivity index (χ0n) is 16.9. The minimum Gasteiger partial charge on any atom is -0.468 e. The average Bonchev–Trinajstić information content (AvgIpc) is 3.08. The third kappa shape index (κ3) is 2.93. The third-order valence-corrected chi connectivity index (χ3v) is 5.36. The molecule has 1 aliphatic heterocycles. The number of aryl methyl sites for hydroxylation is 2.